The lowest BCUT2D eigenvalue weighted by Crippen LogP contribution is -2.61. The van der Waals surface area contributed by atoms with Crippen molar-refractivity contribution >= 4 is 16.3 Å². The number of hydrogen-bond acceptors (Lipinski definition) is 10. The van der Waals surface area contributed by atoms with E-state index in [4.69, 9.17) is 9.47 Å². The topological polar surface area (TPSA) is 192 Å². The van der Waals surface area contributed by atoms with Gasteiger partial charge in [0.05, 0.1) is 25.4 Å². The average molecular weight is 876 g/mol. The van der Waals surface area contributed by atoms with Gasteiger partial charge in [-0.2, -0.15) is 8.42 Å². The van der Waals surface area contributed by atoms with Gasteiger partial charge >= 0.3 is 10.4 Å². The summed E-state index contributed by atoms with van der Waals surface area (Å²) in [7, 11) is -5.08. The van der Waals surface area contributed by atoms with E-state index in [-0.39, 0.29) is 18.9 Å². The smallest absolute Gasteiger partial charge is 0.394 e. The first-order chi connectivity index (χ1) is 29.0. The average Bonchev–Trinajstić information content (AvgIpc) is 3.22. The van der Waals surface area contributed by atoms with Gasteiger partial charge in [-0.3, -0.25) is 9.35 Å². The van der Waals surface area contributed by atoms with E-state index in [1.165, 1.54) is 141 Å². The molecule has 1 fully saturated rings. The fraction of sp³-hybridized carbons (Fsp3) is 0.894. The Hall–Kier alpha value is -1.42. The molecule has 0 bridgehead atoms. The SMILES string of the molecule is CCCCCCCCCC/C=C\CCCCCCCCCC(=O)NC(COC1OC(CO)C(O)C(OS(=O)(=O)O)C1O)C(O)/C=C/CCCCCCCCCCCCCC. The predicted molar refractivity (Wildman–Crippen MR) is 241 cm³/mol. The number of hydrogen-bond donors (Lipinski definition) is 6. The number of rotatable bonds is 41. The molecule has 7 atom stereocenters. The molecule has 12 nitrogen and oxygen atoms in total. The second kappa shape index (κ2) is 38.1. The number of carbonyl (C=O) groups is 1. The maximum absolute atomic E-state index is 13.0. The van der Waals surface area contributed by atoms with E-state index in [1.807, 2.05) is 6.08 Å². The lowest BCUT2D eigenvalue weighted by Gasteiger charge is -2.41. The highest BCUT2D eigenvalue weighted by atomic mass is 32.3. The van der Waals surface area contributed by atoms with Crippen molar-refractivity contribution in [3.05, 3.63) is 24.3 Å². The molecule has 354 valence electrons. The first-order valence-corrected chi connectivity index (χ1v) is 25.6. The third-order valence-electron chi connectivity index (χ3n) is 11.5. The minimum Gasteiger partial charge on any atom is -0.394 e. The van der Waals surface area contributed by atoms with Crippen LogP contribution in [-0.2, 0) is 28.9 Å². The van der Waals surface area contributed by atoms with Crippen LogP contribution in [0.2, 0.25) is 0 Å². The van der Waals surface area contributed by atoms with E-state index in [0.29, 0.717) is 6.42 Å². The van der Waals surface area contributed by atoms with Crippen molar-refractivity contribution < 1.29 is 51.8 Å². The Balaban J connectivity index is 2.49. The number of carbonyl (C=O) groups excluding carboxylic acids is 1. The molecule has 0 aliphatic carbocycles. The molecule has 0 saturated carbocycles. The summed E-state index contributed by atoms with van der Waals surface area (Å²) < 4.78 is 47.6. The van der Waals surface area contributed by atoms with Gasteiger partial charge in [0, 0.05) is 6.42 Å². The number of nitrogens with one attached hydrogen (secondary N) is 1. The molecule has 1 amide bonds. The van der Waals surface area contributed by atoms with Crippen molar-refractivity contribution in [2.24, 2.45) is 0 Å². The van der Waals surface area contributed by atoms with E-state index in [0.717, 1.165) is 44.9 Å². The van der Waals surface area contributed by atoms with Gasteiger partial charge in [0.25, 0.3) is 0 Å². The van der Waals surface area contributed by atoms with E-state index in [9.17, 15) is 38.2 Å². The molecule has 0 aromatic carbocycles. The largest absolute Gasteiger partial charge is 0.397 e. The fourth-order valence-electron chi connectivity index (χ4n) is 7.68. The molecule has 0 aromatic heterocycles. The lowest BCUT2D eigenvalue weighted by atomic mass is 9.99. The van der Waals surface area contributed by atoms with Crippen LogP contribution < -0.4 is 5.32 Å². The number of unbranched alkanes of at least 4 members (excludes halogenated alkanes) is 27. The highest BCUT2D eigenvalue weighted by Crippen LogP contribution is 2.26. The summed E-state index contributed by atoms with van der Waals surface area (Å²) >= 11 is 0. The molecule has 7 unspecified atom stereocenters. The minimum absolute atomic E-state index is 0.265. The molecular weight excluding hydrogens is 787 g/mol. The summed E-state index contributed by atoms with van der Waals surface area (Å²) in [5, 5.41) is 44.7. The van der Waals surface area contributed by atoms with E-state index >= 15 is 0 Å². The van der Waals surface area contributed by atoms with Gasteiger partial charge in [-0.05, 0) is 44.9 Å². The number of aliphatic hydroxyl groups is 4. The van der Waals surface area contributed by atoms with Crippen LogP contribution in [0.15, 0.2) is 24.3 Å². The normalized spacial score (nSPS) is 20.9. The number of allylic oxidation sites excluding steroid dienone is 3. The van der Waals surface area contributed by atoms with E-state index in [2.05, 4.69) is 35.5 Å². The van der Waals surface area contributed by atoms with Crippen LogP contribution in [-0.4, -0.2) is 95.4 Å². The summed E-state index contributed by atoms with van der Waals surface area (Å²) in [5.74, 6) is -0.267. The summed E-state index contributed by atoms with van der Waals surface area (Å²) in [5.41, 5.74) is 0. The van der Waals surface area contributed by atoms with Crippen LogP contribution in [0.4, 0.5) is 0 Å². The molecule has 60 heavy (non-hydrogen) atoms. The molecule has 0 radical (unpaired) electrons. The summed E-state index contributed by atoms with van der Waals surface area (Å²) in [6.45, 7) is 3.39. The van der Waals surface area contributed by atoms with Crippen molar-refractivity contribution in [3.8, 4) is 0 Å². The second-order valence-electron chi connectivity index (χ2n) is 17.0. The van der Waals surface area contributed by atoms with E-state index in [1.54, 1.807) is 6.08 Å². The zero-order valence-corrected chi connectivity index (χ0v) is 38.6. The maximum Gasteiger partial charge on any atom is 0.397 e. The molecule has 1 aliphatic heterocycles. The Morgan fingerprint density at radius 2 is 1.07 bits per heavy atom. The van der Waals surface area contributed by atoms with Gasteiger partial charge in [-0.15, -0.1) is 0 Å². The van der Waals surface area contributed by atoms with Crippen molar-refractivity contribution in [2.45, 2.75) is 256 Å². The Labute approximate surface area is 365 Å². The summed E-state index contributed by atoms with van der Waals surface area (Å²) in [6, 6.07) is -0.943. The van der Waals surface area contributed by atoms with Gasteiger partial charge in [-0.25, -0.2) is 4.18 Å². The highest BCUT2D eigenvalue weighted by molar-refractivity contribution is 7.80. The Morgan fingerprint density at radius 3 is 1.50 bits per heavy atom. The Kier molecular flexibility index (Phi) is 35.9. The number of aliphatic hydroxyl groups excluding tert-OH is 4. The molecule has 6 N–H and O–H groups in total. The van der Waals surface area contributed by atoms with Crippen molar-refractivity contribution in [1.29, 1.82) is 0 Å². The fourth-order valence-corrected chi connectivity index (χ4v) is 8.19. The molecule has 1 rings (SSSR count). The molecule has 1 heterocycles. The first kappa shape index (κ1) is 56.6. The monoisotopic (exact) mass is 876 g/mol. The lowest BCUT2D eigenvalue weighted by molar-refractivity contribution is -0.298. The summed E-state index contributed by atoms with van der Waals surface area (Å²) in [6.07, 6.45) is 35.0. The predicted octanol–water partition coefficient (Wildman–Crippen LogP) is 9.72. The van der Waals surface area contributed by atoms with Crippen LogP contribution >= 0.6 is 0 Å². The van der Waals surface area contributed by atoms with Crippen molar-refractivity contribution in [3.63, 3.8) is 0 Å². The molecule has 0 aromatic rings. The van der Waals surface area contributed by atoms with Crippen molar-refractivity contribution in [1.82, 2.24) is 5.32 Å². The van der Waals surface area contributed by atoms with Crippen LogP contribution in [0.1, 0.15) is 213 Å². The first-order valence-electron chi connectivity index (χ1n) is 24.2. The summed E-state index contributed by atoms with van der Waals surface area (Å²) in [4.78, 5) is 13.0. The quantitative estimate of drug-likeness (QED) is 0.0195. The third-order valence-corrected chi connectivity index (χ3v) is 11.9. The van der Waals surface area contributed by atoms with E-state index < -0.39 is 59.9 Å². The molecule has 0 spiro atoms. The van der Waals surface area contributed by atoms with Gasteiger partial charge in [-0.1, -0.05) is 186 Å². The van der Waals surface area contributed by atoms with Crippen LogP contribution in [0.3, 0.4) is 0 Å². The molecule has 13 heteroatoms. The van der Waals surface area contributed by atoms with Gasteiger partial charge < -0.3 is 35.2 Å². The zero-order valence-electron chi connectivity index (χ0n) is 37.8. The van der Waals surface area contributed by atoms with Gasteiger partial charge in [0.1, 0.15) is 24.4 Å². The van der Waals surface area contributed by atoms with Crippen LogP contribution in [0, 0.1) is 0 Å². The van der Waals surface area contributed by atoms with Gasteiger partial charge in [0.15, 0.2) is 6.29 Å². The maximum atomic E-state index is 13.0. The molecule has 1 aliphatic rings. The van der Waals surface area contributed by atoms with Crippen LogP contribution in [0.25, 0.3) is 0 Å². The number of ether oxygens (including phenoxy) is 2. The Bertz CT molecular complexity index is 1170. The Morgan fingerprint density at radius 1 is 0.650 bits per heavy atom. The van der Waals surface area contributed by atoms with Gasteiger partial charge in [0.2, 0.25) is 5.91 Å². The standard InChI is InChI=1S/C47H89NO11S/c1-3-5-7-9-11-13-15-17-19-20-21-22-23-25-27-29-31-33-35-37-43(51)48-40(39-57-47-45(53)46(59-60(54,55)56)44(52)42(38-49)58-47)41(50)36-34-32-30-28-26-24-18-16-14-12-10-8-6-4-2/h20-21,34,36,40-42,44-47,49-50,52-53H,3-19,22-33,35,37-39H2,1-2H3,(H,48,51)(H,54,55,56)/b21-20-,36-34+. The van der Waals surface area contributed by atoms with Crippen molar-refractivity contribution in [2.75, 3.05) is 13.2 Å². The van der Waals surface area contributed by atoms with Crippen LogP contribution in [0.5, 0.6) is 0 Å². The zero-order chi connectivity index (χ0) is 44.1. The highest BCUT2D eigenvalue weighted by Gasteiger charge is 2.48. The number of amides is 1. The molecule has 1 saturated heterocycles. The second-order valence-corrected chi connectivity index (χ2v) is 18.1. The minimum atomic E-state index is -5.08. The third kappa shape index (κ3) is 30.6. The molecular formula is C47H89NO11S.